The van der Waals surface area contributed by atoms with Crippen molar-refractivity contribution in [3.63, 3.8) is 0 Å². The highest BCUT2D eigenvalue weighted by molar-refractivity contribution is 6.55. The van der Waals surface area contributed by atoms with E-state index in [1.54, 1.807) is 18.3 Å². The first kappa shape index (κ1) is 27.4. The van der Waals surface area contributed by atoms with Crippen LogP contribution in [0.15, 0.2) is 52.1 Å². The van der Waals surface area contributed by atoms with Gasteiger partial charge in [-0.15, -0.1) is 0 Å². The van der Waals surface area contributed by atoms with Gasteiger partial charge in [-0.05, 0) is 43.0 Å². The molecule has 0 spiro atoms. The molecule has 0 aromatic heterocycles. The molecule has 11 heteroatoms. The van der Waals surface area contributed by atoms with Gasteiger partial charge in [0.1, 0.15) is 23.5 Å². The second-order valence-corrected chi connectivity index (χ2v) is 8.44. The highest BCUT2D eigenvalue weighted by atomic mass is 35.5. The van der Waals surface area contributed by atoms with Gasteiger partial charge in [0.25, 0.3) is 0 Å². The van der Waals surface area contributed by atoms with Crippen molar-refractivity contribution >= 4 is 52.6 Å². The lowest BCUT2D eigenvalue weighted by molar-refractivity contribution is -0.137. The van der Waals surface area contributed by atoms with E-state index in [-0.39, 0.29) is 17.7 Å². The van der Waals surface area contributed by atoms with Gasteiger partial charge in [-0.1, -0.05) is 63.7 Å². The van der Waals surface area contributed by atoms with Crippen LogP contribution in [0.5, 0.6) is 11.5 Å². The smallest absolute Gasteiger partial charge is 0.416 e. The molecule has 2 rings (SSSR count). The number of oxime groups is 1. The predicted molar refractivity (Wildman–Crippen MR) is 126 cm³/mol. The highest BCUT2D eigenvalue weighted by Crippen LogP contribution is 2.37. The molecule has 0 saturated carbocycles. The van der Waals surface area contributed by atoms with E-state index < -0.39 is 11.7 Å². The molecular weight excluding hydrogens is 525 g/mol. The first-order valence-electron chi connectivity index (χ1n) is 9.72. The SMILES string of the molecule is FC(F)(F)c1ccc(CON=CCCCCOc2c(Cl)cc(OCC=C(Cl)Cl)cc2Cl)cc1. The van der Waals surface area contributed by atoms with E-state index in [0.29, 0.717) is 40.1 Å². The molecule has 0 bridgehead atoms. The van der Waals surface area contributed by atoms with E-state index in [1.807, 2.05) is 0 Å². The van der Waals surface area contributed by atoms with E-state index in [9.17, 15) is 13.2 Å². The fourth-order valence-corrected chi connectivity index (χ4v) is 3.18. The Bertz CT molecular complexity index is 924. The number of alkyl halides is 3. The lowest BCUT2D eigenvalue weighted by Gasteiger charge is -2.12. The molecule has 0 aliphatic heterocycles. The number of rotatable bonds is 12. The minimum absolute atomic E-state index is 0.0870. The van der Waals surface area contributed by atoms with Crippen molar-refractivity contribution in [2.75, 3.05) is 13.2 Å². The summed E-state index contributed by atoms with van der Waals surface area (Å²) in [6.45, 7) is 0.652. The maximum atomic E-state index is 12.5. The number of benzene rings is 2. The lowest BCUT2D eigenvalue weighted by atomic mass is 10.1. The van der Waals surface area contributed by atoms with Gasteiger partial charge in [0, 0.05) is 18.3 Å². The summed E-state index contributed by atoms with van der Waals surface area (Å²) in [6.07, 6.45) is 0.856. The van der Waals surface area contributed by atoms with E-state index in [0.717, 1.165) is 25.0 Å². The molecule has 0 fully saturated rings. The van der Waals surface area contributed by atoms with Crippen LogP contribution >= 0.6 is 46.4 Å². The van der Waals surface area contributed by atoms with Crippen LogP contribution in [0.3, 0.4) is 0 Å². The summed E-state index contributed by atoms with van der Waals surface area (Å²) in [5.74, 6) is 0.820. The zero-order valence-electron chi connectivity index (χ0n) is 17.2. The molecule has 0 unspecified atom stereocenters. The number of ether oxygens (including phenoxy) is 2. The van der Waals surface area contributed by atoms with Crippen molar-refractivity contribution in [2.24, 2.45) is 5.16 Å². The molecule has 2 aromatic carbocycles. The number of unbranched alkanes of at least 4 members (excludes halogenated alkanes) is 2. The van der Waals surface area contributed by atoms with Gasteiger partial charge < -0.3 is 14.3 Å². The Kier molecular flexibility index (Phi) is 11.5. The van der Waals surface area contributed by atoms with E-state index in [4.69, 9.17) is 60.7 Å². The van der Waals surface area contributed by atoms with Gasteiger partial charge in [-0.25, -0.2) is 0 Å². The van der Waals surface area contributed by atoms with Crippen LogP contribution in [0.1, 0.15) is 30.4 Å². The first-order chi connectivity index (χ1) is 15.7. The summed E-state index contributed by atoms with van der Waals surface area (Å²) in [5.41, 5.74) is -0.105. The van der Waals surface area contributed by atoms with Crippen molar-refractivity contribution in [3.05, 3.63) is 68.1 Å². The third kappa shape index (κ3) is 10.3. The minimum atomic E-state index is -4.35. The zero-order valence-corrected chi connectivity index (χ0v) is 20.2. The summed E-state index contributed by atoms with van der Waals surface area (Å²) in [5, 5.41) is 4.43. The Morgan fingerprint density at radius 3 is 2.24 bits per heavy atom. The Hall–Kier alpha value is -1.80. The Morgan fingerprint density at radius 1 is 0.970 bits per heavy atom. The van der Waals surface area contributed by atoms with Crippen LogP contribution in [0, 0.1) is 0 Å². The third-order valence-corrected chi connectivity index (χ3v) is 4.97. The average Bonchev–Trinajstić information content (AvgIpc) is 2.73. The standard InChI is InChI=1S/C22H20Cl4F3NO3/c23-18-12-17(31-11-8-20(25)26)13-19(24)21(18)32-10-3-1-2-9-30-33-14-15-4-6-16(7-5-15)22(27,28)29/h4-9,12-13H,1-3,10-11,14H2. The quantitative estimate of drug-likeness (QED) is 0.153. The molecule has 0 saturated heterocycles. The molecule has 0 atom stereocenters. The Labute approximate surface area is 209 Å². The van der Waals surface area contributed by atoms with Gasteiger partial charge >= 0.3 is 6.18 Å². The lowest BCUT2D eigenvalue weighted by Crippen LogP contribution is -2.04. The molecule has 0 radical (unpaired) electrons. The molecule has 4 nitrogen and oxygen atoms in total. The van der Waals surface area contributed by atoms with Crippen molar-refractivity contribution in [2.45, 2.75) is 32.0 Å². The van der Waals surface area contributed by atoms with Crippen LogP contribution in [-0.4, -0.2) is 19.4 Å². The minimum Gasteiger partial charge on any atom is -0.490 e. The van der Waals surface area contributed by atoms with Gasteiger partial charge in [-0.3, -0.25) is 0 Å². The molecule has 0 N–H and O–H groups in total. The molecule has 0 amide bonds. The second-order valence-electron chi connectivity index (χ2n) is 6.62. The van der Waals surface area contributed by atoms with Crippen LogP contribution in [-0.2, 0) is 17.6 Å². The average molecular weight is 545 g/mol. The molecule has 33 heavy (non-hydrogen) atoms. The normalized spacial score (nSPS) is 11.5. The van der Waals surface area contributed by atoms with Crippen LogP contribution in [0.25, 0.3) is 0 Å². The van der Waals surface area contributed by atoms with Gasteiger partial charge in [0.15, 0.2) is 5.75 Å². The van der Waals surface area contributed by atoms with Crippen LogP contribution in [0.4, 0.5) is 13.2 Å². The largest absolute Gasteiger partial charge is 0.490 e. The number of hydrogen-bond acceptors (Lipinski definition) is 4. The number of hydrogen-bond donors (Lipinski definition) is 0. The summed E-state index contributed by atoms with van der Waals surface area (Å²) in [6, 6.07) is 7.90. The molecule has 2 aromatic rings. The summed E-state index contributed by atoms with van der Waals surface area (Å²) in [7, 11) is 0. The molecule has 0 aliphatic rings. The monoisotopic (exact) mass is 543 g/mol. The third-order valence-electron chi connectivity index (χ3n) is 4.09. The summed E-state index contributed by atoms with van der Waals surface area (Å²) < 4.78 is 48.8. The molecule has 180 valence electrons. The maximum absolute atomic E-state index is 12.5. The molecule has 0 aliphatic carbocycles. The summed E-state index contributed by atoms with van der Waals surface area (Å²) in [4.78, 5) is 5.10. The fourth-order valence-electron chi connectivity index (χ4n) is 2.48. The Balaban J connectivity index is 1.64. The first-order valence-corrected chi connectivity index (χ1v) is 11.2. The Morgan fingerprint density at radius 2 is 1.64 bits per heavy atom. The topological polar surface area (TPSA) is 40.0 Å². The van der Waals surface area contributed by atoms with Crippen molar-refractivity contribution in [1.29, 1.82) is 0 Å². The van der Waals surface area contributed by atoms with Gasteiger partial charge in [-0.2, -0.15) is 13.2 Å². The van der Waals surface area contributed by atoms with Crippen molar-refractivity contribution < 1.29 is 27.5 Å². The van der Waals surface area contributed by atoms with Crippen LogP contribution < -0.4 is 9.47 Å². The van der Waals surface area contributed by atoms with Crippen molar-refractivity contribution in [1.82, 2.24) is 0 Å². The van der Waals surface area contributed by atoms with E-state index in [2.05, 4.69) is 5.16 Å². The molecular formula is C22H20Cl4F3NO3. The zero-order chi connectivity index (χ0) is 24.3. The number of nitrogens with zero attached hydrogens (tertiary/aromatic N) is 1. The van der Waals surface area contributed by atoms with Gasteiger partial charge in [0.05, 0.1) is 22.2 Å². The van der Waals surface area contributed by atoms with E-state index >= 15 is 0 Å². The number of halogens is 7. The van der Waals surface area contributed by atoms with E-state index in [1.165, 1.54) is 18.2 Å². The van der Waals surface area contributed by atoms with Crippen molar-refractivity contribution in [3.8, 4) is 11.5 Å². The maximum Gasteiger partial charge on any atom is 0.416 e. The fraction of sp³-hybridized carbons (Fsp3) is 0.318. The van der Waals surface area contributed by atoms with Crippen LogP contribution in [0.2, 0.25) is 10.0 Å². The summed E-state index contributed by atoms with van der Waals surface area (Å²) >= 11 is 23.5. The highest BCUT2D eigenvalue weighted by Gasteiger charge is 2.29. The molecule has 0 heterocycles. The predicted octanol–water partition coefficient (Wildman–Crippen LogP) is 8.46. The second kappa shape index (κ2) is 13.8. The van der Waals surface area contributed by atoms with Gasteiger partial charge in [0.2, 0.25) is 0 Å².